The van der Waals surface area contributed by atoms with Crippen molar-refractivity contribution in [1.29, 1.82) is 0 Å². The van der Waals surface area contributed by atoms with Crippen LogP contribution < -0.4 is 10.5 Å². The molecule has 2 atom stereocenters. The van der Waals surface area contributed by atoms with E-state index in [9.17, 15) is 0 Å². The maximum Gasteiger partial charge on any atom is 0.126 e. The Balaban J connectivity index is 1.94. The topological polar surface area (TPSA) is 57.4 Å². The predicted octanol–water partition coefficient (Wildman–Crippen LogP) is 2.00. The fourth-order valence-corrected chi connectivity index (χ4v) is 2.12. The number of nitrogens with zero attached hydrogens (tertiary/aromatic N) is 1. The molecule has 0 aromatic carbocycles. The third kappa shape index (κ3) is 2.85. The van der Waals surface area contributed by atoms with Gasteiger partial charge in [0.05, 0.1) is 6.10 Å². The van der Waals surface area contributed by atoms with Crippen LogP contribution in [-0.4, -0.2) is 24.3 Å². The second-order valence-electron chi connectivity index (χ2n) is 4.18. The lowest BCUT2D eigenvalue weighted by Crippen LogP contribution is -2.29. The first-order valence-electron chi connectivity index (χ1n) is 5.69. The van der Waals surface area contributed by atoms with E-state index in [1.807, 2.05) is 6.07 Å². The summed E-state index contributed by atoms with van der Waals surface area (Å²) in [7, 11) is 1.76. The van der Waals surface area contributed by atoms with Gasteiger partial charge in [0, 0.05) is 25.8 Å². The molecule has 0 saturated heterocycles. The maximum atomic E-state index is 5.87. The Morgan fingerprint density at radius 1 is 1.38 bits per heavy atom. The van der Waals surface area contributed by atoms with E-state index in [1.165, 1.54) is 0 Å². The summed E-state index contributed by atoms with van der Waals surface area (Å²) in [5.74, 6) is 1.30. The highest BCUT2D eigenvalue weighted by molar-refractivity contribution is 5.35. The van der Waals surface area contributed by atoms with E-state index in [0.29, 0.717) is 11.9 Å². The summed E-state index contributed by atoms with van der Waals surface area (Å²) in [6.45, 7) is 0. The molecule has 2 rings (SSSR count). The number of pyridine rings is 1. The van der Waals surface area contributed by atoms with Crippen molar-refractivity contribution in [3.05, 3.63) is 18.3 Å². The number of nitrogens with two attached hydrogens (primary N) is 1. The smallest absolute Gasteiger partial charge is 0.126 e. The number of methoxy groups -OCH3 is 1. The van der Waals surface area contributed by atoms with Crippen molar-refractivity contribution in [2.24, 2.45) is 0 Å². The van der Waals surface area contributed by atoms with Gasteiger partial charge >= 0.3 is 0 Å². The van der Waals surface area contributed by atoms with Gasteiger partial charge in [0.1, 0.15) is 17.7 Å². The summed E-state index contributed by atoms with van der Waals surface area (Å²) in [6.07, 6.45) is 6.57. The molecular formula is C12H18N2O2. The standard InChI is InChI=1S/C12H18N2O2/c1-15-9-3-2-4-10(7-9)16-11-5-6-14-12(13)8-11/h5-6,8-10H,2-4,7H2,1H3,(H2,13,14). The summed E-state index contributed by atoms with van der Waals surface area (Å²) >= 11 is 0. The Morgan fingerprint density at radius 2 is 2.19 bits per heavy atom. The Hall–Kier alpha value is -1.29. The van der Waals surface area contributed by atoms with Gasteiger partial charge in [0.15, 0.2) is 0 Å². The Bertz CT molecular complexity index is 344. The SMILES string of the molecule is COC1CCCC(Oc2ccnc(N)c2)C1. The average Bonchev–Trinajstić information content (AvgIpc) is 2.29. The molecule has 1 aliphatic carbocycles. The van der Waals surface area contributed by atoms with Gasteiger partial charge in [-0.3, -0.25) is 0 Å². The van der Waals surface area contributed by atoms with Crippen molar-refractivity contribution in [1.82, 2.24) is 4.98 Å². The van der Waals surface area contributed by atoms with Crippen molar-refractivity contribution < 1.29 is 9.47 Å². The molecule has 1 aliphatic rings. The maximum absolute atomic E-state index is 5.87. The molecular weight excluding hydrogens is 204 g/mol. The molecule has 88 valence electrons. The summed E-state index contributed by atoms with van der Waals surface area (Å²) in [5.41, 5.74) is 5.60. The first-order valence-corrected chi connectivity index (χ1v) is 5.69. The van der Waals surface area contributed by atoms with Crippen LogP contribution >= 0.6 is 0 Å². The normalized spacial score (nSPS) is 25.3. The molecule has 1 aromatic rings. The van der Waals surface area contributed by atoms with Crippen LogP contribution in [0.5, 0.6) is 5.75 Å². The van der Waals surface area contributed by atoms with Gasteiger partial charge in [0.25, 0.3) is 0 Å². The summed E-state index contributed by atoms with van der Waals surface area (Å²) in [5, 5.41) is 0. The fourth-order valence-electron chi connectivity index (χ4n) is 2.12. The molecule has 0 bridgehead atoms. The number of nitrogen functional groups attached to an aromatic ring is 1. The second-order valence-corrected chi connectivity index (χ2v) is 4.18. The zero-order valence-corrected chi connectivity index (χ0v) is 9.56. The molecule has 0 radical (unpaired) electrons. The highest BCUT2D eigenvalue weighted by atomic mass is 16.5. The van der Waals surface area contributed by atoms with Crippen LogP contribution in [0, 0.1) is 0 Å². The van der Waals surface area contributed by atoms with Gasteiger partial charge in [-0.2, -0.15) is 0 Å². The predicted molar refractivity (Wildman–Crippen MR) is 62.3 cm³/mol. The van der Waals surface area contributed by atoms with Gasteiger partial charge in [-0.15, -0.1) is 0 Å². The second kappa shape index (κ2) is 5.16. The van der Waals surface area contributed by atoms with Crippen LogP contribution in [-0.2, 0) is 4.74 Å². The molecule has 0 amide bonds. The summed E-state index contributed by atoms with van der Waals surface area (Å²) < 4.78 is 11.2. The first-order chi connectivity index (χ1) is 7.78. The highest BCUT2D eigenvalue weighted by Gasteiger charge is 2.22. The van der Waals surface area contributed by atoms with E-state index < -0.39 is 0 Å². The molecule has 2 unspecified atom stereocenters. The van der Waals surface area contributed by atoms with E-state index in [2.05, 4.69) is 4.98 Å². The van der Waals surface area contributed by atoms with Crippen LogP contribution in [0.15, 0.2) is 18.3 Å². The van der Waals surface area contributed by atoms with Crippen LogP contribution in [0.3, 0.4) is 0 Å². The minimum absolute atomic E-state index is 0.237. The Morgan fingerprint density at radius 3 is 2.94 bits per heavy atom. The van der Waals surface area contributed by atoms with Gasteiger partial charge in [0.2, 0.25) is 0 Å². The quantitative estimate of drug-likeness (QED) is 0.849. The fraction of sp³-hybridized carbons (Fsp3) is 0.583. The Kier molecular flexibility index (Phi) is 3.62. The van der Waals surface area contributed by atoms with Gasteiger partial charge in [-0.1, -0.05) is 0 Å². The monoisotopic (exact) mass is 222 g/mol. The van der Waals surface area contributed by atoms with E-state index >= 15 is 0 Å². The van der Waals surface area contributed by atoms with Crippen molar-refractivity contribution >= 4 is 5.82 Å². The summed E-state index contributed by atoms with van der Waals surface area (Å²) in [4.78, 5) is 3.94. The van der Waals surface area contributed by atoms with Crippen molar-refractivity contribution in [3.8, 4) is 5.75 Å². The number of hydrogen-bond acceptors (Lipinski definition) is 4. The van der Waals surface area contributed by atoms with Gasteiger partial charge < -0.3 is 15.2 Å². The molecule has 0 aliphatic heterocycles. The van der Waals surface area contributed by atoms with Crippen molar-refractivity contribution in [3.63, 3.8) is 0 Å². The number of aromatic nitrogens is 1. The van der Waals surface area contributed by atoms with Crippen molar-refractivity contribution in [2.45, 2.75) is 37.9 Å². The van der Waals surface area contributed by atoms with Gasteiger partial charge in [-0.25, -0.2) is 4.98 Å². The molecule has 0 spiro atoms. The molecule has 1 aromatic heterocycles. The lowest BCUT2D eigenvalue weighted by molar-refractivity contribution is 0.0210. The molecule has 16 heavy (non-hydrogen) atoms. The Labute approximate surface area is 95.8 Å². The zero-order chi connectivity index (χ0) is 11.4. The number of rotatable bonds is 3. The molecule has 1 heterocycles. The zero-order valence-electron chi connectivity index (χ0n) is 9.56. The van der Waals surface area contributed by atoms with Crippen molar-refractivity contribution in [2.75, 3.05) is 12.8 Å². The van der Waals surface area contributed by atoms with Crippen LogP contribution in [0.2, 0.25) is 0 Å². The lowest BCUT2D eigenvalue weighted by Gasteiger charge is -2.28. The van der Waals surface area contributed by atoms with Crippen LogP contribution in [0.25, 0.3) is 0 Å². The minimum atomic E-state index is 0.237. The largest absolute Gasteiger partial charge is 0.490 e. The summed E-state index contributed by atoms with van der Waals surface area (Å²) in [6, 6.07) is 3.60. The van der Waals surface area contributed by atoms with Crippen LogP contribution in [0.1, 0.15) is 25.7 Å². The molecule has 2 N–H and O–H groups in total. The molecule has 1 saturated carbocycles. The molecule has 1 fully saturated rings. The van der Waals surface area contributed by atoms with E-state index in [0.717, 1.165) is 31.4 Å². The molecule has 4 heteroatoms. The third-order valence-electron chi connectivity index (χ3n) is 2.97. The number of ether oxygens (including phenoxy) is 2. The first kappa shape index (κ1) is 11.2. The minimum Gasteiger partial charge on any atom is -0.490 e. The lowest BCUT2D eigenvalue weighted by atomic mass is 9.95. The van der Waals surface area contributed by atoms with E-state index in [4.69, 9.17) is 15.2 Å². The van der Waals surface area contributed by atoms with Gasteiger partial charge in [-0.05, 0) is 25.3 Å². The number of hydrogen-bond donors (Lipinski definition) is 1. The number of anilines is 1. The molecule has 4 nitrogen and oxygen atoms in total. The van der Waals surface area contributed by atoms with Crippen LogP contribution in [0.4, 0.5) is 5.82 Å². The highest BCUT2D eigenvalue weighted by Crippen LogP contribution is 2.25. The van der Waals surface area contributed by atoms with E-state index in [1.54, 1.807) is 19.4 Å². The van der Waals surface area contributed by atoms with E-state index in [-0.39, 0.29) is 6.10 Å². The average molecular weight is 222 g/mol. The third-order valence-corrected chi connectivity index (χ3v) is 2.97.